The predicted octanol–water partition coefficient (Wildman–Crippen LogP) is 3.40. The Labute approximate surface area is 106 Å². The summed E-state index contributed by atoms with van der Waals surface area (Å²) in [6.45, 7) is 0. The zero-order chi connectivity index (χ0) is 12.3. The molecule has 98 valence electrons. The smallest absolute Gasteiger partial charge is 0.156 e. The van der Waals surface area contributed by atoms with Crippen LogP contribution in [0.4, 0.5) is 0 Å². The maximum absolute atomic E-state index is 12.9. The van der Waals surface area contributed by atoms with Crippen molar-refractivity contribution < 1.29 is 4.79 Å². The minimum atomic E-state index is -0.102. The molecule has 2 aliphatic rings. The van der Waals surface area contributed by atoms with Crippen molar-refractivity contribution in [3.8, 4) is 0 Å². The maximum Gasteiger partial charge on any atom is 0.156 e. The van der Waals surface area contributed by atoms with Gasteiger partial charge >= 0.3 is 0 Å². The minimum absolute atomic E-state index is 0.102. The molecule has 17 heavy (non-hydrogen) atoms. The average molecular weight is 237 g/mol. The number of hydrogen-bond acceptors (Lipinski definition) is 2. The molecule has 2 fully saturated rings. The van der Waals surface area contributed by atoms with Crippen molar-refractivity contribution in [2.24, 2.45) is 5.92 Å². The highest BCUT2D eigenvalue weighted by Crippen LogP contribution is 2.39. The van der Waals surface area contributed by atoms with Gasteiger partial charge in [0, 0.05) is 5.92 Å². The van der Waals surface area contributed by atoms with Gasteiger partial charge in [-0.05, 0) is 39.8 Å². The molecule has 2 saturated carbocycles. The molecule has 0 aromatic rings. The normalized spacial score (nSPS) is 26.1. The predicted molar refractivity (Wildman–Crippen MR) is 71.1 cm³/mol. The lowest BCUT2D eigenvalue weighted by atomic mass is 9.80. The van der Waals surface area contributed by atoms with E-state index < -0.39 is 0 Å². The summed E-state index contributed by atoms with van der Waals surface area (Å²) in [5.41, 5.74) is -0.102. The van der Waals surface area contributed by atoms with Gasteiger partial charge in [0.25, 0.3) is 0 Å². The zero-order valence-corrected chi connectivity index (χ0v) is 11.5. The standard InChI is InChI=1S/C15H27NO/c1-16(2)15(11-7-8-12-15)14(17)13-9-5-3-4-6-10-13/h13H,3-12H2,1-2H3. The van der Waals surface area contributed by atoms with E-state index in [1.165, 1.54) is 38.5 Å². The summed E-state index contributed by atoms with van der Waals surface area (Å²) in [5, 5.41) is 0. The van der Waals surface area contributed by atoms with Gasteiger partial charge in [-0.2, -0.15) is 0 Å². The van der Waals surface area contributed by atoms with Crippen molar-refractivity contribution in [2.75, 3.05) is 14.1 Å². The van der Waals surface area contributed by atoms with Crippen LogP contribution in [-0.2, 0) is 4.79 Å². The Bertz CT molecular complexity index is 258. The van der Waals surface area contributed by atoms with Crippen molar-refractivity contribution in [2.45, 2.75) is 69.7 Å². The summed E-state index contributed by atoms with van der Waals surface area (Å²) >= 11 is 0. The second kappa shape index (κ2) is 5.51. The monoisotopic (exact) mass is 237 g/mol. The first-order valence-corrected chi connectivity index (χ1v) is 7.38. The first-order chi connectivity index (χ1) is 8.17. The summed E-state index contributed by atoms with van der Waals surface area (Å²) in [6.07, 6.45) is 12.1. The number of nitrogens with zero attached hydrogens (tertiary/aromatic N) is 1. The van der Waals surface area contributed by atoms with E-state index in [0.29, 0.717) is 11.7 Å². The molecule has 0 radical (unpaired) electrons. The minimum Gasteiger partial charge on any atom is -0.297 e. The molecular weight excluding hydrogens is 210 g/mol. The Kier molecular flexibility index (Phi) is 4.24. The summed E-state index contributed by atoms with van der Waals surface area (Å²) in [5.74, 6) is 0.930. The number of hydrogen-bond donors (Lipinski definition) is 0. The lowest BCUT2D eigenvalue weighted by Gasteiger charge is -2.37. The molecule has 2 rings (SSSR count). The van der Waals surface area contributed by atoms with Crippen LogP contribution in [0.5, 0.6) is 0 Å². The van der Waals surface area contributed by atoms with E-state index in [0.717, 1.165) is 25.7 Å². The van der Waals surface area contributed by atoms with Crippen molar-refractivity contribution in [1.82, 2.24) is 4.90 Å². The molecule has 0 aromatic heterocycles. The van der Waals surface area contributed by atoms with Gasteiger partial charge in [0.1, 0.15) is 0 Å². The molecule has 2 heteroatoms. The Hall–Kier alpha value is -0.370. The Balaban J connectivity index is 2.10. The van der Waals surface area contributed by atoms with Crippen molar-refractivity contribution in [3.05, 3.63) is 0 Å². The van der Waals surface area contributed by atoms with Crippen LogP contribution in [0, 0.1) is 5.92 Å². The van der Waals surface area contributed by atoms with E-state index in [2.05, 4.69) is 19.0 Å². The van der Waals surface area contributed by atoms with E-state index >= 15 is 0 Å². The number of Topliss-reactive ketones (excluding diaryl/α,β-unsaturated/α-hetero) is 1. The Morgan fingerprint density at radius 3 is 1.94 bits per heavy atom. The van der Waals surface area contributed by atoms with E-state index in [9.17, 15) is 4.79 Å². The van der Waals surface area contributed by atoms with Crippen LogP contribution in [0.3, 0.4) is 0 Å². The van der Waals surface area contributed by atoms with Crippen LogP contribution in [0.15, 0.2) is 0 Å². The molecule has 0 N–H and O–H groups in total. The van der Waals surface area contributed by atoms with Gasteiger partial charge in [-0.15, -0.1) is 0 Å². The van der Waals surface area contributed by atoms with E-state index in [1.54, 1.807) is 0 Å². The molecule has 0 saturated heterocycles. The molecular formula is C15H27NO. The largest absolute Gasteiger partial charge is 0.297 e. The van der Waals surface area contributed by atoms with Crippen molar-refractivity contribution >= 4 is 5.78 Å². The SMILES string of the molecule is CN(C)C1(C(=O)C2CCCCCC2)CCCC1. The summed E-state index contributed by atoms with van der Waals surface area (Å²) in [6, 6.07) is 0. The van der Waals surface area contributed by atoms with Crippen LogP contribution in [0.1, 0.15) is 64.2 Å². The van der Waals surface area contributed by atoms with Gasteiger partial charge in [0.05, 0.1) is 5.54 Å². The van der Waals surface area contributed by atoms with Gasteiger partial charge in [-0.1, -0.05) is 38.5 Å². The second-order valence-electron chi connectivity index (χ2n) is 6.19. The van der Waals surface area contributed by atoms with Crippen LogP contribution < -0.4 is 0 Å². The lowest BCUT2D eigenvalue weighted by Crippen LogP contribution is -2.51. The molecule has 0 aliphatic heterocycles. The first-order valence-electron chi connectivity index (χ1n) is 7.38. The quantitative estimate of drug-likeness (QED) is 0.701. The Morgan fingerprint density at radius 1 is 0.941 bits per heavy atom. The molecule has 2 nitrogen and oxygen atoms in total. The highest BCUT2D eigenvalue weighted by atomic mass is 16.1. The number of carbonyl (C=O) groups excluding carboxylic acids is 1. The van der Waals surface area contributed by atoms with E-state index in [4.69, 9.17) is 0 Å². The molecule has 0 bridgehead atoms. The molecule has 0 unspecified atom stereocenters. The van der Waals surface area contributed by atoms with Crippen molar-refractivity contribution in [1.29, 1.82) is 0 Å². The third-order valence-corrected chi connectivity index (χ3v) is 4.97. The maximum atomic E-state index is 12.9. The fourth-order valence-corrected chi connectivity index (χ4v) is 3.80. The number of carbonyl (C=O) groups is 1. The highest BCUT2D eigenvalue weighted by molar-refractivity contribution is 5.90. The van der Waals surface area contributed by atoms with Gasteiger partial charge in [-0.25, -0.2) is 0 Å². The summed E-state index contributed by atoms with van der Waals surface area (Å²) < 4.78 is 0. The van der Waals surface area contributed by atoms with E-state index in [1.807, 2.05) is 0 Å². The molecule has 2 aliphatic carbocycles. The van der Waals surface area contributed by atoms with Gasteiger partial charge < -0.3 is 0 Å². The van der Waals surface area contributed by atoms with Crippen LogP contribution in [0.25, 0.3) is 0 Å². The number of ketones is 1. The van der Waals surface area contributed by atoms with Crippen LogP contribution >= 0.6 is 0 Å². The van der Waals surface area contributed by atoms with Gasteiger partial charge in [0.2, 0.25) is 0 Å². The zero-order valence-electron chi connectivity index (χ0n) is 11.5. The number of rotatable bonds is 3. The lowest BCUT2D eigenvalue weighted by molar-refractivity contribution is -0.134. The van der Waals surface area contributed by atoms with Gasteiger partial charge in [-0.3, -0.25) is 9.69 Å². The average Bonchev–Trinajstić information content (AvgIpc) is 2.66. The fourth-order valence-electron chi connectivity index (χ4n) is 3.80. The second-order valence-corrected chi connectivity index (χ2v) is 6.19. The topological polar surface area (TPSA) is 20.3 Å². The molecule has 0 atom stereocenters. The summed E-state index contributed by atoms with van der Waals surface area (Å²) in [7, 11) is 4.19. The van der Waals surface area contributed by atoms with Crippen molar-refractivity contribution in [3.63, 3.8) is 0 Å². The fraction of sp³-hybridized carbons (Fsp3) is 0.933. The third-order valence-electron chi connectivity index (χ3n) is 4.97. The first kappa shape index (κ1) is 13.1. The molecule has 0 aromatic carbocycles. The molecule has 0 heterocycles. The Morgan fingerprint density at radius 2 is 1.47 bits per heavy atom. The summed E-state index contributed by atoms with van der Waals surface area (Å²) in [4.78, 5) is 15.1. The highest BCUT2D eigenvalue weighted by Gasteiger charge is 2.45. The van der Waals surface area contributed by atoms with Crippen LogP contribution in [-0.4, -0.2) is 30.3 Å². The number of likely N-dealkylation sites (N-methyl/N-ethyl adjacent to an activating group) is 1. The molecule has 0 amide bonds. The van der Waals surface area contributed by atoms with Crippen LogP contribution in [0.2, 0.25) is 0 Å². The third kappa shape index (κ3) is 2.57. The molecule has 0 spiro atoms. The van der Waals surface area contributed by atoms with Gasteiger partial charge in [0.15, 0.2) is 5.78 Å². The van der Waals surface area contributed by atoms with E-state index in [-0.39, 0.29) is 5.54 Å².